The number of carbonyl (C=O) groups is 2. The van der Waals surface area contributed by atoms with Crippen molar-refractivity contribution in [1.82, 2.24) is 0 Å². The Hall–Kier alpha value is -4.17. The van der Waals surface area contributed by atoms with Gasteiger partial charge in [0.25, 0.3) is 10.0 Å². The first-order chi connectivity index (χ1) is 17.3. The molecule has 0 spiro atoms. The Morgan fingerprint density at radius 2 is 1.67 bits per heavy atom. The van der Waals surface area contributed by atoms with Gasteiger partial charge in [0.2, 0.25) is 11.8 Å². The Morgan fingerprint density at radius 1 is 0.944 bits per heavy atom. The van der Waals surface area contributed by atoms with E-state index in [1.54, 1.807) is 49.4 Å². The third-order valence-corrected chi connectivity index (χ3v) is 8.27. The summed E-state index contributed by atoms with van der Waals surface area (Å²) in [5.74, 6) is -1.03. The average Bonchev–Trinajstić information content (AvgIpc) is 2.86. The molecule has 0 bridgehead atoms. The smallest absolute Gasteiger partial charge is 0.265 e. The van der Waals surface area contributed by atoms with Crippen LogP contribution in [0.4, 0.5) is 17.1 Å². The van der Waals surface area contributed by atoms with Gasteiger partial charge in [-0.05, 0) is 54.6 Å². The van der Waals surface area contributed by atoms with Gasteiger partial charge in [-0.2, -0.15) is 0 Å². The first-order valence-electron chi connectivity index (χ1n) is 11.5. The number of sulfonamides is 1. The Balaban J connectivity index is 1.54. The standard InChI is InChI=1S/C28H25N3O4S/c1-18-14-15-19(2)26(16-18)36(34,35)31-24-13-6-5-11-23(24)30-28(33)25(31)17-27(32)29-22-12-7-9-20-8-3-4-10-21(20)22/h3-16,25H,17H2,1-2H3,(H,29,32)(H,30,33). The van der Waals surface area contributed by atoms with Crippen molar-refractivity contribution in [3.63, 3.8) is 0 Å². The van der Waals surface area contributed by atoms with E-state index in [0.717, 1.165) is 20.6 Å². The molecule has 4 aromatic carbocycles. The lowest BCUT2D eigenvalue weighted by Gasteiger charge is -2.37. The molecule has 0 fully saturated rings. The van der Waals surface area contributed by atoms with Crippen LogP contribution < -0.4 is 14.9 Å². The summed E-state index contributed by atoms with van der Waals surface area (Å²) < 4.78 is 29.1. The molecule has 1 atom stereocenters. The number of hydrogen-bond acceptors (Lipinski definition) is 4. The summed E-state index contributed by atoms with van der Waals surface area (Å²) in [5, 5.41) is 7.44. The molecule has 2 amide bonds. The fraction of sp³-hybridized carbons (Fsp3) is 0.143. The van der Waals surface area contributed by atoms with Crippen molar-refractivity contribution in [3.8, 4) is 0 Å². The first kappa shape index (κ1) is 23.6. The highest BCUT2D eigenvalue weighted by Crippen LogP contribution is 2.38. The SMILES string of the molecule is Cc1ccc(C)c(S(=O)(=O)N2c3ccccc3NC(=O)C2CC(=O)Nc2cccc3ccccc23)c1. The molecule has 0 aromatic heterocycles. The highest BCUT2D eigenvalue weighted by molar-refractivity contribution is 7.93. The number of amides is 2. The third-order valence-electron chi connectivity index (χ3n) is 6.31. The van der Waals surface area contributed by atoms with Gasteiger partial charge in [-0.25, -0.2) is 8.42 Å². The molecular weight excluding hydrogens is 474 g/mol. The van der Waals surface area contributed by atoms with Gasteiger partial charge in [-0.3, -0.25) is 13.9 Å². The van der Waals surface area contributed by atoms with Crippen molar-refractivity contribution in [2.24, 2.45) is 0 Å². The monoisotopic (exact) mass is 499 g/mol. The summed E-state index contributed by atoms with van der Waals surface area (Å²) in [5.41, 5.74) is 2.63. The van der Waals surface area contributed by atoms with Crippen LogP contribution in [0.1, 0.15) is 17.5 Å². The van der Waals surface area contributed by atoms with Gasteiger partial charge in [0.05, 0.1) is 22.7 Å². The maximum absolute atomic E-state index is 14.0. The fourth-order valence-electron chi connectivity index (χ4n) is 4.54. The van der Waals surface area contributed by atoms with E-state index in [9.17, 15) is 18.0 Å². The number of rotatable bonds is 5. The van der Waals surface area contributed by atoms with E-state index in [1.165, 1.54) is 0 Å². The summed E-state index contributed by atoms with van der Waals surface area (Å²) in [6.45, 7) is 3.52. The van der Waals surface area contributed by atoms with Crippen molar-refractivity contribution < 1.29 is 18.0 Å². The Kier molecular flexibility index (Phi) is 5.97. The summed E-state index contributed by atoms with van der Waals surface area (Å²) in [7, 11) is -4.17. The van der Waals surface area contributed by atoms with E-state index in [0.29, 0.717) is 22.6 Å². The molecule has 1 aliphatic heterocycles. The van der Waals surface area contributed by atoms with E-state index in [4.69, 9.17) is 0 Å². The summed E-state index contributed by atoms with van der Waals surface area (Å²) in [6, 6.07) is 23.8. The Labute approximate surface area is 209 Å². The number of nitrogens with zero attached hydrogens (tertiary/aromatic N) is 1. The maximum Gasteiger partial charge on any atom is 0.265 e. The molecule has 0 aliphatic carbocycles. The van der Waals surface area contributed by atoms with Crippen LogP contribution >= 0.6 is 0 Å². The van der Waals surface area contributed by atoms with Crippen molar-refractivity contribution in [3.05, 3.63) is 96.1 Å². The average molecular weight is 500 g/mol. The fourth-order valence-corrected chi connectivity index (χ4v) is 6.48. The molecule has 1 unspecified atom stereocenters. The van der Waals surface area contributed by atoms with Gasteiger partial charge in [-0.1, -0.05) is 60.7 Å². The number of anilines is 3. The summed E-state index contributed by atoms with van der Waals surface area (Å²) in [4.78, 5) is 26.5. The van der Waals surface area contributed by atoms with E-state index in [1.807, 2.05) is 49.4 Å². The molecule has 1 heterocycles. The minimum atomic E-state index is -4.17. The highest BCUT2D eigenvalue weighted by atomic mass is 32.2. The van der Waals surface area contributed by atoms with Crippen LogP contribution in [-0.4, -0.2) is 26.3 Å². The lowest BCUT2D eigenvalue weighted by molar-refractivity contribution is -0.122. The van der Waals surface area contributed by atoms with Crippen molar-refractivity contribution >= 4 is 49.7 Å². The van der Waals surface area contributed by atoms with Crippen LogP contribution in [-0.2, 0) is 19.6 Å². The molecule has 0 radical (unpaired) electrons. The number of benzene rings is 4. The second-order valence-electron chi connectivity index (χ2n) is 8.87. The number of carbonyl (C=O) groups excluding carboxylic acids is 2. The van der Waals surface area contributed by atoms with Gasteiger partial charge >= 0.3 is 0 Å². The molecule has 8 heteroatoms. The van der Waals surface area contributed by atoms with Crippen molar-refractivity contribution in [2.45, 2.75) is 31.2 Å². The molecule has 1 aliphatic rings. The molecule has 36 heavy (non-hydrogen) atoms. The van der Waals surface area contributed by atoms with Crippen LogP contribution in [0.25, 0.3) is 10.8 Å². The number of para-hydroxylation sites is 2. The quantitative estimate of drug-likeness (QED) is 0.404. The minimum absolute atomic E-state index is 0.103. The number of nitrogens with one attached hydrogen (secondary N) is 2. The van der Waals surface area contributed by atoms with Crippen molar-refractivity contribution in [1.29, 1.82) is 0 Å². The van der Waals surface area contributed by atoms with Crippen LogP contribution in [0.5, 0.6) is 0 Å². The van der Waals surface area contributed by atoms with Crippen LogP contribution in [0.3, 0.4) is 0 Å². The lowest BCUT2D eigenvalue weighted by atomic mass is 10.1. The largest absolute Gasteiger partial charge is 0.325 e. The van der Waals surface area contributed by atoms with Crippen LogP contribution in [0, 0.1) is 13.8 Å². The molecular formula is C28H25N3O4S. The molecule has 0 saturated carbocycles. The predicted molar refractivity (Wildman–Crippen MR) is 142 cm³/mol. The molecule has 5 rings (SSSR count). The van der Waals surface area contributed by atoms with Gasteiger partial charge in [0.1, 0.15) is 6.04 Å². The normalized spacial score (nSPS) is 15.3. The Bertz CT molecular complexity index is 1610. The topological polar surface area (TPSA) is 95.6 Å². The molecule has 4 aromatic rings. The zero-order valence-electron chi connectivity index (χ0n) is 19.9. The van der Waals surface area contributed by atoms with Gasteiger partial charge < -0.3 is 10.6 Å². The summed E-state index contributed by atoms with van der Waals surface area (Å²) in [6.07, 6.45) is -0.354. The lowest BCUT2D eigenvalue weighted by Crippen LogP contribution is -2.52. The van der Waals surface area contributed by atoms with Crippen molar-refractivity contribution in [2.75, 3.05) is 14.9 Å². The number of hydrogen-bond donors (Lipinski definition) is 2. The van der Waals surface area contributed by atoms with Crippen LogP contribution in [0.15, 0.2) is 89.8 Å². The van der Waals surface area contributed by atoms with E-state index in [-0.39, 0.29) is 11.3 Å². The van der Waals surface area contributed by atoms with Crippen LogP contribution in [0.2, 0.25) is 0 Å². The first-order valence-corrected chi connectivity index (χ1v) is 13.0. The zero-order chi connectivity index (χ0) is 25.4. The third kappa shape index (κ3) is 4.20. The highest BCUT2D eigenvalue weighted by Gasteiger charge is 2.42. The van der Waals surface area contributed by atoms with Gasteiger partial charge in [0, 0.05) is 11.1 Å². The van der Waals surface area contributed by atoms with Gasteiger partial charge in [0.15, 0.2) is 0 Å². The second kappa shape index (κ2) is 9.13. The van der Waals surface area contributed by atoms with E-state index >= 15 is 0 Å². The molecule has 7 nitrogen and oxygen atoms in total. The van der Waals surface area contributed by atoms with Gasteiger partial charge in [-0.15, -0.1) is 0 Å². The maximum atomic E-state index is 14.0. The molecule has 2 N–H and O–H groups in total. The molecule has 0 saturated heterocycles. The number of fused-ring (bicyclic) bond motifs is 2. The summed E-state index contributed by atoms with van der Waals surface area (Å²) >= 11 is 0. The Morgan fingerprint density at radius 3 is 2.50 bits per heavy atom. The second-order valence-corrected chi connectivity index (χ2v) is 10.7. The zero-order valence-corrected chi connectivity index (χ0v) is 20.7. The minimum Gasteiger partial charge on any atom is -0.325 e. The number of aryl methyl sites for hydroxylation is 2. The molecule has 182 valence electrons. The van der Waals surface area contributed by atoms with E-state index in [2.05, 4.69) is 10.6 Å². The predicted octanol–water partition coefficient (Wildman–Crippen LogP) is 5.00. The van der Waals surface area contributed by atoms with E-state index < -0.39 is 27.9 Å².